The van der Waals surface area contributed by atoms with E-state index in [4.69, 9.17) is 9.15 Å². The van der Waals surface area contributed by atoms with E-state index in [1.54, 1.807) is 11.0 Å². The van der Waals surface area contributed by atoms with Crippen molar-refractivity contribution in [2.45, 2.75) is 43.6 Å². The molecule has 0 saturated carbocycles. The Bertz CT molecular complexity index is 1210. The quantitative estimate of drug-likeness (QED) is 0.577. The summed E-state index contributed by atoms with van der Waals surface area (Å²) in [5, 5.41) is 12.1. The number of fused-ring (bicyclic) bond motifs is 1. The van der Waals surface area contributed by atoms with Crippen molar-refractivity contribution in [2.75, 3.05) is 39.9 Å². The number of ether oxygens (including phenoxy) is 1. The SMILES string of the molecule is COCC(=O)N1CCC(O)(c2ccc3oc(C(=O)N4CCCC(c5ccccc5)CC4)cc3c2)CC1. The molecular formula is C29H34N2O5. The van der Waals surface area contributed by atoms with Crippen LogP contribution in [-0.2, 0) is 15.1 Å². The molecule has 190 valence electrons. The van der Waals surface area contributed by atoms with Crippen LogP contribution in [-0.4, -0.2) is 66.6 Å². The van der Waals surface area contributed by atoms with Gasteiger partial charge in [-0.15, -0.1) is 0 Å². The van der Waals surface area contributed by atoms with Crippen LogP contribution in [0.2, 0.25) is 0 Å². The number of carbonyl (C=O) groups excluding carboxylic acids is 2. The number of carbonyl (C=O) groups is 2. The molecule has 2 amide bonds. The molecule has 7 heteroatoms. The van der Waals surface area contributed by atoms with Crippen molar-refractivity contribution in [1.29, 1.82) is 0 Å². The summed E-state index contributed by atoms with van der Waals surface area (Å²) < 4.78 is 10.9. The third-order valence-corrected chi connectivity index (χ3v) is 7.76. The van der Waals surface area contributed by atoms with Gasteiger partial charge in [0.1, 0.15) is 12.2 Å². The lowest BCUT2D eigenvalue weighted by molar-refractivity contribution is -0.139. The van der Waals surface area contributed by atoms with Gasteiger partial charge in [-0.2, -0.15) is 0 Å². The molecule has 3 heterocycles. The molecule has 2 aromatic carbocycles. The fourth-order valence-electron chi connectivity index (χ4n) is 5.58. The van der Waals surface area contributed by atoms with Gasteiger partial charge in [0.05, 0.1) is 5.60 Å². The fraction of sp³-hybridized carbons (Fsp3) is 0.448. The number of amides is 2. The predicted octanol–water partition coefficient (Wildman–Crippen LogP) is 4.30. The summed E-state index contributed by atoms with van der Waals surface area (Å²) in [6.07, 6.45) is 3.88. The van der Waals surface area contributed by atoms with Gasteiger partial charge in [-0.3, -0.25) is 9.59 Å². The van der Waals surface area contributed by atoms with Gasteiger partial charge in [0, 0.05) is 38.7 Å². The van der Waals surface area contributed by atoms with Crippen molar-refractivity contribution < 1.29 is 23.8 Å². The minimum absolute atomic E-state index is 0.0557. The van der Waals surface area contributed by atoms with E-state index in [1.165, 1.54) is 12.7 Å². The summed E-state index contributed by atoms with van der Waals surface area (Å²) in [7, 11) is 1.51. The van der Waals surface area contributed by atoms with Gasteiger partial charge in [0.15, 0.2) is 5.76 Å². The minimum Gasteiger partial charge on any atom is -0.451 e. The summed E-state index contributed by atoms with van der Waals surface area (Å²) in [6.45, 7) is 2.44. The van der Waals surface area contributed by atoms with Crippen molar-refractivity contribution in [2.24, 2.45) is 0 Å². The Morgan fingerprint density at radius 3 is 2.53 bits per heavy atom. The van der Waals surface area contributed by atoms with Crippen molar-refractivity contribution in [3.63, 3.8) is 0 Å². The van der Waals surface area contributed by atoms with Crippen LogP contribution in [0.15, 0.2) is 59.0 Å². The lowest BCUT2D eigenvalue weighted by Gasteiger charge is -2.38. The van der Waals surface area contributed by atoms with Crippen LogP contribution in [0.3, 0.4) is 0 Å². The van der Waals surface area contributed by atoms with Crippen LogP contribution in [0, 0.1) is 0 Å². The molecule has 1 unspecified atom stereocenters. The van der Waals surface area contributed by atoms with E-state index in [9.17, 15) is 14.7 Å². The zero-order chi connectivity index (χ0) is 25.1. The lowest BCUT2D eigenvalue weighted by Crippen LogP contribution is -2.46. The standard InChI is InChI=1S/C29H34N2O5/c1-35-20-27(32)30-16-12-29(34,13-17-30)24-9-10-25-23(18-24)19-26(36-25)28(33)31-14-5-8-22(11-15-31)21-6-3-2-4-7-21/h2-4,6-7,9-10,18-19,22,34H,5,8,11-17,20H2,1H3. The van der Waals surface area contributed by atoms with E-state index in [1.807, 2.05) is 29.2 Å². The highest BCUT2D eigenvalue weighted by Crippen LogP contribution is 2.35. The molecule has 36 heavy (non-hydrogen) atoms. The van der Waals surface area contributed by atoms with Gasteiger partial charge in [-0.1, -0.05) is 36.4 Å². The maximum Gasteiger partial charge on any atom is 0.289 e. The summed E-state index contributed by atoms with van der Waals surface area (Å²) in [5.41, 5.74) is 1.75. The number of rotatable bonds is 5. The second-order valence-electron chi connectivity index (χ2n) is 10.0. The van der Waals surface area contributed by atoms with Crippen LogP contribution in [0.1, 0.15) is 59.7 Å². The molecule has 2 fully saturated rings. The second kappa shape index (κ2) is 10.4. The number of likely N-dealkylation sites (tertiary alicyclic amines) is 2. The zero-order valence-corrected chi connectivity index (χ0v) is 20.8. The average molecular weight is 491 g/mol. The topological polar surface area (TPSA) is 83.2 Å². The van der Waals surface area contributed by atoms with Crippen molar-refractivity contribution in [3.8, 4) is 0 Å². The van der Waals surface area contributed by atoms with Crippen molar-refractivity contribution in [1.82, 2.24) is 9.80 Å². The molecule has 0 radical (unpaired) electrons. The third-order valence-electron chi connectivity index (χ3n) is 7.76. The smallest absolute Gasteiger partial charge is 0.289 e. The van der Waals surface area contributed by atoms with Crippen LogP contribution >= 0.6 is 0 Å². The van der Waals surface area contributed by atoms with E-state index in [0.29, 0.717) is 49.7 Å². The van der Waals surface area contributed by atoms with Gasteiger partial charge < -0.3 is 24.1 Å². The van der Waals surface area contributed by atoms with Gasteiger partial charge >= 0.3 is 0 Å². The van der Waals surface area contributed by atoms with Crippen molar-refractivity contribution in [3.05, 3.63) is 71.5 Å². The van der Waals surface area contributed by atoms with E-state index in [-0.39, 0.29) is 18.4 Å². The van der Waals surface area contributed by atoms with Crippen LogP contribution in [0.4, 0.5) is 0 Å². The zero-order valence-electron chi connectivity index (χ0n) is 20.8. The third kappa shape index (κ3) is 5.04. The van der Waals surface area contributed by atoms with E-state index in [0.717, 1.165) is 36.8 Å². The molecule has 1 aromatic heterocycles. The summed E-state index contributed by atoms with van der Waals surface area (Å²) in [4.78, 5) is 29.0. The lowest BCUT2D eigenvalue weighted by atomic mass is 9.84. The number of hydrogen-bond acceptors (Lipinski definition) is 5. The first kappa shape index (κ1) is 24.5. The first-order valence-electron chi connectivity index (χ1n) is 12.8. The Hall–Kier alpha value is -3.16. The molecule has 0 spiro atoms. The molecule has 3 aromatic rings. The molecule has 1 N–H and O–H groups in total. The summed E-state index contributed by atoms with van der Waals surface area (Å²) in [5.74, 6) is 0.674. The normalized spacial score (nSPS) is 20.3. The molecule has 2 saturated heterocycles. The monoisotopic (exact) mass is 490 g/mol. The maximum atomic E-state index is 13.3. The van der Waals surface area contributed by atoms with E-state index < -0.39 is 5.60 Å². The molecule has 2 aliphatic heterocycles. The number of furan rings is 1. The fourth-order valence-corrected chi connectivity index (χ4v) is 5.58. The number of benzene rings is 2. The molecule has 1 atom stereocenters. The Kier molecular flexibility index (Phi) is 7.12. The van der Waals surface area contributed by atoms with Crippen LogP contribution < -0.4 is 0 Å². The minimum atomic E-state index is -1.02. The Balaban J connectivity index is 1.27. The number of aliphatic hydroxyl groups is 1. The molecule has 0 bridgehead atoms. The molecule has 7 nitrogen and oxygen atoms in total. The largest absolute Gasteiger partial charge is 0.451 e. The van der Waals surface area contributed by atoms with Gasteiger partial charge in [-0.05, 0) is 67.3 Å². The van der Waals surface area contributed by atoms with E-state index in [2.05, 4.69) is 24.3 Å². The second-order valence-corrected chi connectivity index (χ2v) is 10.0. The van der Waals surface area contributed by atoms with Gasteiger partial charge in [0.25, 0.3) is 5.91 Å². The summed E-state index contributed by atoms with van der Waals surface area (Å²) >= 11 is 0. The number of methoxy groups -OCH3 is 1. The van der Waals surface area contributed by atoms with Gasteiger partial charge in [0.2, 0.25) is 5.91 Å². The highest BCUT2D eigenvalue weighted by molar-refractivity contribution is 5.96. The van der Waals surface area contributed by atoms with Crippen LogP contribution in [0.25, 0.3) is 11.0 Å². The average Bonchev–Trinajstić information content (AvgIpc) is 3.18. The molecule has 0 aliphatic carbocycles. The summed E-state index contributed by atoms with van der Waals surface area (Å²) in [6, 6.07) is 17.9. The number of nitrogens with zero attached hydrogens (tertiary/aromatic N) is 2. The number of piperidine rings is 1. The predicted molar refractivity (Wildman–Crippen MR) is 137 cm³/mol. The molecular weight excluding hydrogens is 456 g/mol. The maximum absolute atomic E-state index is 13.3. The Morgan fingerprint density at radius 2 is 1.78 bits per heavy atom. The first-order valence-corrected chi connectivity index (χ1v) is 12.8. The highest BCUT2D eigenvalue weighted by Gasteiger charge is 2.36. The highest BCUT2D eigenvalue weighted by atomic mass is 16.5. The van der Waals surface area contributed by atoms with Crippen LogP contribution in [0.5, 0.6) is 0 Å². The van der Waals surface area contributed by atoms with Crippen molar-refractivity contribution >= 4 is 22.8 Å². The van der Waals surface area contributed by atoms with E-state index >= 15 is 0 Å². The Morgan fingerprint density at radius 1 is 1.00 bits per heavy atom. The molecule has 5 rings (SSSR count). The molecule has 2 aliphatic rings. The number of hydrogen-bond donors (Lipinski definition) is 1. The Labute approximate surface area is 211 Å². The first-order chi connectivity index (χ1) is 17.5. The van der Waals surface area contributed by atoms with Gasteiger partial charge in [-0.25, -0.2) is 0 Å².